The van der Waals surface area contributed by atoms with Crippen molar-refractivity contribution in [2.45, 2.75) is 38.8 Å². The quantitative estimate of drug-likeness (QED) is 0.800. The van der Waals surface area contributed by atoms with Crippen molar-refractivity contribution in [1.82, 2.24) is 25.1 Å². The van der Waals surface area contributed by atoms with Crippen molar-refractivity contribution in [3.05, 3.63) is 77.9 Å². The summed E-state index contributed by atoms with van der Waals surface area (Å²) in [7, 11) is 0. The number of benzene rings is 1. The molecule has 1 atom stereocenters. The molecule has 0 amide bonds. The predicted molar refractivity (Wildman–Crippen MR) is 105 cm³/mol. The topological polar surface area (TPSA) is 46.8 Å². The first-order valence-corrected chi connectivity index (χ1v) is 9.10. The molecule has 1 aliphatic heterocycles. The van der Waals surface area contributed by atoms with E-state index in [1.807, 2.05) is 29.0 Å². The number of rotatable bonds is 5. The third kappa shape index (κ3) is 3.90. The molecule has 1 aromatic carbocycles. The van der Waals surface area contributed by atoms with Gasteiger partial charge in [-0.1, -0.05) is 37.4 Å². The molecule has 0 aliphatic carbocycles. The molecule has 1 unspecified atom stereocenters. The molecule has 1 aromatic heterocycles. The summed E-state index contributed by atoms with van der Waals surface area (Å²) in [5, 5.41) is 12.5. The lowest BCUT2D eigenvalue weighted by molar-refractivity contribution is 0.212. The van der Waals surface area contributed by atoms with E-state index in [0.29, 0.717) is 6.54 Å². The van der Waals surface area contributed by atoms with Crippen molar-refractivity contribution in [3.8, 4) is 0 Å². The predicted octanol–water partition coefficient (Wildman–Crippen LogP) is 4.03. The van der Waals surface area contributed by atoms with Crippen molar-refractivity contribution in [2.75, 3.05) is 13.1 Å². The van der Waals surface area contributed by atoms with Crippen LogP contribution in [0.4, 0.5) is 4.39 Å². The van der Waals surface area contributed by atoms with E-state index < -0.39 is 0 Å². The Hall–Kier alpha value is -2.60. The van der Waals surface area contributed by atoms with Crippen LogP contribution in [0.2, 0.25) is 0 Å². The summed E-state index contributed by atoms with van der Waals surface area (Å²) in [6, 6.07) is 6.40. The number of hydrogen-bond donors (Lipinski definition) is 0. The van der Waals surface area contributed by atoms with Crippen molar-refractivity contribution in [2.24, 2.45) is 0 Å². The summed E-state index contributed by atoms with van der Waals surface area (Å²) in [6.07, 6.45) is 4.66. The van der Waals surface area contributed by atoms with E-state index in [9.17, 15) is 4.39 Å². The van der Waals surface area contributed by atoms with Gasteiger partial charge in [0.2, 0.25) is 0 Å². The molecule has 2 aromatic rings. The van der Waals surface area contributed by atoms with Crippen molar-refractivity contribution >= 4 is 0 Å². The van der Waals surface area contributed by atoms with Crippen LogP contribution in [0.25, 0.3) is 0 Å². The second kappa shape index (κ2) is 7.56. The van der Waals surface area contributed by atoms with E-state index >= 15 is 0 Å². The van der Waals surface area contributed by atoms with Gasteiger partial charge in [0, 0.05) is 13.1 Å². The van der Waals surface area contributed by atoms with Gasteiger partial charge in [0.25, 0.3) is 0 Å². The van der Waals surface area contributed by atoms with Gasteiger partial charge in [-0.3, -0.25) is 4.90 Å². The van der Waals surface area contributed by atoms with Crippen LogP contribution in [-0.2, 0) is 5.54 Å². The van der Waals surface area contributed by atoms with Gasteiger partial charge in [-0.2, -0.15) is 0 Å². The zero-order valence-corrected chi connectivity index (χ0v) is 16.2. The SMILES string of the molecule is C=CC1=C(C=C)CN(C(c2ccc(F)cc2)c2nnnn2C(C)(C)C)CC1. The van der Waals surface area contributed by atoms with Crippen molar-refractivity contribution < 1.29 is 4.39 Å². The van der Waals surface area contributed by atoms with Gasteiger partial charge in [-0.15, -0.1) is 5.10 Å². The number of aromatic nitrogens is 4. The molecule has 0 radical (unpaired) electrons. The van der Waals surface area contributed by atoms with Crippen LogP contribution < -0.4 is 0 Å². The fourth-order valence-corrected chi connectivity index (χ4v) is 3.48. The van der Waals surface area contributed by atoms with Crippen molar-refractivity contribution in [1.29, 1.82) is 0 Å². The second-order valence-corrected chi connectivity index (χ2v) is 7.75. The highest BCUT2D eigenvalue weighted by Gasteiger charge is 2.33. The molecule has 3 rings (SSSR count). The van der Waals surface area contributed by atoms with Gasteiger partial charge in [0.15, 0.2) is 5.82 Å². The first-order valence-electron chi connectivity index (χ1n) is 9.10. The van der Waals surface area contributed by atoms with Crippen LogP contribution in [0.1, 0.15) is 44.6 Å². The Morgan fingerprint density at radius 2 is 1.78 bits per heavy atom. The van der Waals surface area contributed by atoms with E-state index in [1.54, 1.807) is 0 Å². The zero-order chi connectivity index (χ0) is 19.6. The Morgan fingerprint density at radius 1 is 1.11 bits per heavy atom. The minimum Gasteiger partial charge on any atom is -0.285 e. The molecule has 0 bridgehead atoms. The normalized spacial score (nSPS) is 17.0. The van der Waals surface area contributed by atoms with Crippen LogP contribution in [-0.4, -0.2) is 38.2 Å². The summed E-state index contributed by atoms with van der Waals surface area (Å²) >= 11 is 0. The molecule has 0 spiro atoms. The lowest BCUT2D eigenvalue weighted by Crippen LogP contribution is -2.38. The molecule has 1 aliphatic rings. The number of hydrogen-bond acceptors (Lipinski definition) is 4. The van der Waals surface area contributed by atoms with Crippen LogP contribution in [0.15, 0.2) is 60.7 Å². The average molecular weight is 367 g/mol. The maximum atomic E-state index is 13.5. The first kappa shape index (κ1) is 19.2. The smallest absolute Gasteiger partial charge is 0.173 e. The van der Waals surface area contributed by atoms with Crippen LogP contribution >= 0.6 is 0 Å². The van der Waals surface area contributed by atoms with Gasteiger partial charge >= 0.3 is 0 Å². The van der Waals surface area contributed by atoms with E-state index in [0.717, 1.165) is 29.9 Å². The van der Waals surface area contributed by atoms with Gasteiger partial charge in [-0.05, 0) is 66.5 Å². The van der Waals surface area contributed by atoms with Gasteiger partial charge in [0.05, 0.1) is 11.6 Å². The van der Waals surface area contributed by atoms with E-state index in [4.69, 9.17) is 0 Å². The van der Waals surface area contributed by atoms with Crippen LogP contribution in [0.3, 0.4) is 0 Å². The standard InChI is InChI=1S/C21H26FN5/c1-6-15-12-13-26(14-16(15)7-2)19(17-8-10-18(22)11-9-17)20-23-24-25-27(20)21(3,4)5/h6-11,19H,1-2,12-14H2,3-5H3. The number of allylic oxidation sites excluding steroid dienone is 1. The minimum atomic E-state index is -0.268. The van der Waals surface area contributed by atoms with E-state index in [2.05, 4.69) is 54.4 Å². The molecule has 0 saturated carbocycles. The fourth-order valence-electron chi connectivity index (χ4n) is 3.48. The molecular weight excluding hydrogens is 341 g/mol. The largest absolute Gasteiger partial charge is 0.285 e. The molecule has 27 heavy (non-hydrogen) atoms. The highest BCUT2D eigenvalue weighted by Crippen LogP contribution is 2.33. The molecule has 6 heteroatoms. The Bertz CT molecular complexity index is 857. The van der Waals surface area contributed by atoms with E-state index in [-0.39, 0.29) is 17.4 Å². The highest BCUT2D eigenvalue weighted by atomic mass is 19.1. The highest BCUT2D eigenvalue weighted by molar-refractivity contribution is 5.36. The van der Waals surface area contributed by atoms with Gasteiger partial charge < -0.3 is 0 Å². The lowest BCUT2D eigenvalue weighted by atomic mass is 9.95. The van der Waals surface area contributed by atoms with Crippen LogP contribution in [0.5, 0.6) is 0 Å². The Labute approximate surface area is 159 Å². The minimum absolute atomic E-state index is 0.179. The average Bonchev–Trinajstić information content (AvgIpc) is 3.13. The molecule has 0 saturated heterocycles. The maximum absolute atomic E-state index is 13.5. The molecule has 142 valence electrons. The maximum Gasteiger partial charge on any atom is 0.173 e. The summed E-state index contributed by atoms with van der Waals surface area (Å²) in [5.41, 5.74) is 3.06. The molecule has 5 nitrogen and oxygen atoms in total. The molecular formula is C21H26FN5. The number of halogens is 1. The summed E-state index contributed by atoms with van der Waals surface area (Å²) in [6.45, 7) is 15.6. The molecule has 0 N–H and O–H groups in total. The summed E-state index contributed by atoms with van der Waals surface area (Å²) in [5.74, 6) is 0.492. The van der Waals surface area contributed by atoms with Gasteiger partial charge in [-0.25, -0.2) is 9.07 Å². The molecule has 0 fully saturated rings. The first-order chi connectivity index (χ1) is 12.8. The lowest BCUT2D eigenvalue weighted by Gasteiger charge is -2.36. The van der Waals surface area contributed by atoms with Crippen LogP contribution in [0, 0.1) is 5.82 Å². The Balaban J connectivity index is 2.09. The second-order valence-electron chi connectivity index (χ2n) is 7.75. The summed E-state index contributed by atoms with van der Waals surface area (Å²) < 4.78 is 15.4. The fraction of sp³-hybridized carbons (Fsp3) is 0.381. The zero-order valence-electron chi connectivity index (χ0n) is 16.2. The number of tetrazole rings is 1. The van der Waals surface area contributed by atoms with E-state index in [1.165, 1.54) is 17.7 Å². The Kier molecular flexibility index (Phi) is 5.37. The summed E-state index contributed by atoms with van der Waals surface area (Å²) in [4.78, 5) is 2.31. The third-order valence-corrected chi connectivity index (χ3v) is 4.87. The number of nitrogens with zero attached hydrogens (tertiary/aromatic N) is 5. The van der Waals surface area contributed by atoms with Gasteiger partial charge in [0.1, 0.15) is 5.82 Å². The third-order valence-electron chi connectivity index (χ3n) is 4.87. The van der Waals surface area contributed by atoms with Crippen molar-refractivity contribution in [3.63, 3.8) is 0 Å². The molecule has 2 heterocycles. The monoisotopic (exact) mass is 367 g/mol. The Morgan fingerprint density at radius 3 is 2.37 bits per heavy atom.